The molecule has 3 aromatic carbocycles. The highest BCUT2D eigenvalue weighted by atomic mass is 16.5. The number of anilines is 1. The molecule has 0 aliphatic heterocycles. The van der Waals surface area contributed by atoms with E-state index in [0.717, 1.165) is 62.5 Å². The number of likely N-dealkylation sites (N-methyl/N-ethyl adjacent to an activating group) is 1. The van der Waals surface area contributed by atoms with Crippen LogP contribution in [0.25, 0.3) is 0 Å². The van der Waals surface area contributed by atoms with Gasteiger partial charge in [0.15, 0.2) is 0 Å². The molecule has 3 aromatic rings. The van der Waals surface area contributed by atoms with E-state index in [1.165, 1.54) is 22.3 Å². The molecule has 1 aliphatic rings. The number of ether oxygens (including phenoxy) is 2. The van der Waals surface area contributed by atoms with Crippen molar-refractivity contribution in [2.75, 3.05) is 38.7 Å². The predicted octanol–water partition coefficient (Wildman–Crippen LogP) is 6.44. The molecule has 0 bridgehead atoms. The Hall–Kier alpha value is -3.18. The number of fused-ring (bicyclic) bond motifs is 1. The fraction of sp³-hybridized carbons (Fsp3) is 0.438. The predicted molar refractivity (Wildman–Crippen MR) is 152 cm³/mol. The van der Waals surface area contributed by atoms with Crippen LogP contribution in [0.1, 0.15) is 55.4 Å². The van der Waals surface area contributed by atoms with Crippen LogP contribution in [0.3, 0.4) is 0 Å². The largest absolute Gasteiger partial charge is 0.508 e. The molecule has 2 N–H and O–H groups in total. The summed E-state index contributed by atoms with van der Waals surface area (Å²) in [6, 6.07) is 21.0. The minimum atomic E-state index is 0.258. The normalized spacial score (nSPS) is 15.8. The number of methoxy groups -OCH3 is 1. The van der Waals surface area contributed by atoms with Crippen LogP contribution >= 0.6 is 0 Å². The highest BCUT2D eigenvalue weighted by Crippen LogP contribution is 2.38. The Morgan fingerprint density at radius 2 is 1.73 bits per heavy atom. The molecule has 2 unspecified atom stereocenters. The first-order valence-corrected chi connectivity index (χ1v) is 13.7. The van der Waals surface area contributed by atoms with Crippen LogP contribution in [-0.2, 0) is 19.3 Å². The molecule has 198 valence electrons. The zero-order chi connectivity index (χ0) is 26.2. The minimum absolute atomic E-state index is 0.258. The van der Waals surface area contributed by atoms with Gasteiger partial charge in [-0.2, -0.15) is 0 Å². The summed E-state index contributed by atoms with van der Waals surface area (Å²) in [5.74, 6) is 2.59. The van der Waals surface area contributed by atoms with E-state index in [4.69, 9.17) is 9.47 Å². The standard InChI is InChI=1S/C32H42N2O3/c1-5-34(6-2)17-18-37-29-13-7-24(8-14-29)19-23(3)33-32-22-30(36-4)15-16-31(32)27-10-9-26-21-28(35)12-11-25(26)20-27/h7-8,11-16,21-23,27,33,35H,5-6,9-10,17-20H2,1-4H3. The third-order valence-electron chi connectivity index (χ3n) is 7.56. The van der Waals surface area contributed by atoms with Crippen LogP contribution in [0.5, 0.6) is 17.2 Å². The number of aromatic hydroxyl groups is 1. The Balaban J connectivity index is 1.39. The number of phenolic OH excluding ortho intramolecular Hbond substituents is 1. The maximum absolute atomic E-state index is 9.85. The maximum Gasteiger partial charge on any atom is 0.120 e. The lowest BCUT2D eigenvalue weighted by Crippen LogP contribution is -2.27. The van der Waals surface area contributed by atoms with E-state index in [0.29, 0.717) is 18.3 Å². The van der Waals surface area contributed by atoms with Crippen molar-refractivity contribution in [1.82, 2.24) is 4.90 Å². The van der Waals surface area contributed by atoms with Gasteiger partial charge in [0.25, 0.3) is 0 Å². The molecule has 0 radical (unpaired) electrons. The fourth-order valence-corrected chi connectivity index (χ4v) is 5.37. The van der Waals surface area contributed by atoms with E-state index >= 15 is 0 Å². The molecule has 0 heterocycles. The second-order valence-corrected chi connectivity index (χ2v) is 10.1. The Morgan fingerprint density at radius 3 is 2.46 bits per heavy atom. The van der Waals surface area contributed by atoms with E-state index in [-0.39, 0.29) is 6.04 Å². The van der Waals surface area contributed by atoms with Crippen LogP contribution in [0.4, 0.5) is 5.69 Å². The molecular formula is C32H42N2O3. The van der Waals surface area contributed by atoms with E-state index in [9.17, 15) is 5.11 Å². The zero-order valence-electron chi connectivity index (χ0n) is 22.8. The average Bonchev–Trinajstić information content (AvgIpc) is 2.91. The number of nitrogens with zero attached hydrogens (tertiary/aromatic N) is 1. The van der Waals surface area contributed by atoms with Crippen molar-refractivity contribution in [3.05, 3.63) is 82.9 Å². The molecule has 5 heteroatoms. The summed E-state index contributed by atoms with van der Waals surface area (Å²) in [6.07, 6.45) is 3.96. The van der Waals surface area contributed by atoms with Gasteiger partial charge < -0.3 is 24.8 Å². The summed E-state index contributed by atoms with van der Waals surface area (Å²) in [6.45, 7) is 10.4. The van der Waals surface area contributed by atoms with Gasteiger partial charge in [-0.1, -0.05) is 38.1 Å². The number of rotatable bonds is 12. The second kappa shape index (κ2) is 12.9. The summed E-state index contributed by atoms with van der Waals surface area (Å²) < 4.78 is 11.5. The molecule has 5 nitrogen and oxygen atoms in total. The lowest BCUT2D eigenvalue weighted by molar-refractivity contribution is 0.223. The number of aryl methyl sites for hydroxylation is 1. The number of hydrogen-bond acceptors (Lipinski definition) is 5. The molecular weight excluding hydrogens is 460 g/mol. The molecule has 0 fully saturated rings. The lowest BCUT2D eigenvalue weighted by Gasteiger charge is -2.28. The maximum atomic E-state index is 9.85. The highest BCUT2D eigenvalue weighted by molar-refractivity contribution is 5.58. The van der Waals surface area contributed by atoms with Gasteiger partial charge in [-0.25, -0.2) is 0 Å². The molecule has 2 atom stereocenters. The number of phenols is 1. The van der Waals surface area contributed by atoms with Gasteiger partial charge in [0.2, 0.25) is 0 Å². The summed E-state index contributed by atoms with van der Waals surface area (Å²) in [5.41, 5.74) is 6.38. The van der Waals surface area contributed by atoms with Gasteiger partial charge in [0.1, 0.15) is 23.9 Å². The number of hydrogen-bond donors (Lipinski definition) is 2. The van der Waals surface area contributed by atoms with Crippen molar-refractivity contribution >= 4 is 5.69 Å². The molecule has 0 amide bonds. The van der Waals surface area contributed by atoms with E-state index in [1.807, 2.05) is 6.07 Å². The monoisotopic (exact) mass is 502 g/mol. The Labute approximate surface area is 222 Å². The smallest absolute Gasteiger partial charge is 0.120 e. The third-order valence-corrected chi connectivity index (χ3v) is 7.56. The van der Waals surface area contributed by atoms with Crippen LogP contribution < -0.4 is 14.8 Å². The molecule has 37 heavy (non-hydrogen) atoms. The number of benzene rings is 3. The van der Waals surface area contributed by atoms with Gasteiger partial charge >= 0.3 is 0 Å². The Bertz CT molecular complexity index is 1140. The minimum Gasteiger partial charge on any atom is -0.508 e. The SMILES string of the molecule is CCN(CC)CCOc1ccc(CC(C)Nc2cc(OC)ccc2C2CCc3cc(O)ccc3C2)cc1. The molecule has 1 aliphatic carbocycles. The van der Waals surface area contributed by atoms with Gasteiger partial charge in [-0.15, -0.1) is 0 Å². The van der Waals surface area contributed by atoms with E-state index in [2.05, 4.69) is 79.5 Å². The zero-order valence-corrected chi connectivity index (χ0v) is 22.8. The van der Waals surface area contributed by atoms with Crippen LogP contribution in [0.2, 0.25) is 0 Å². The van der Waals surface area contributed by atoms with Gasteiger partial charge in [-0.05, 0) is 104 Å². The molecule has 4 rings (SSSR count). The van der Waals surface area contributed by atoms with Crippen molar-refractivity contribution in [3.63, 3.8) is 0 Å². The molecule has 0 aromatic heterocycles. The van der Waals surface area contributed by atoms with Crippen LogP contribution in [0, 0.1) is 0 Å². The summed E-state index contributed by atoms with van der Waals surface area (Å²) in [4.78, 5) is 2.37. The number of nitrogens with one attached hydrogen (secondary N) is 1. The van der Waals surface area contributed by atoms with Gasteiger partial charge in [-0.3, -0.25) is 0 Å². The van der Waals surface area contributed by atoms with Crippen molar-refractivity contribution in [2.24, 2.45) is 0 Å². The Morgan fingerprint density at radius 1 is 0.973 bits per heavy atom. The van der Waals surface area contributed by atoms with Crippen molar-refractivity contribution in [1.29, 1.82) is 0 Å². The van der Waals surface area contributed by atoms with Crippen molar-refractivity contribution < 1.29 is 14.6 Å². The second-order valence-electron chi connectivity index (χ2n) is 10.1. The van der Waals surface area contributed by atoms with Gasteiger partial charge in [0, 0.05) is 24.3 Å². The third kappa shape index (κ3) is 7.20. The average molecular weight is 503 g/mol. The topological polar surface area (TPSA) is 54.0 Å². The summed E-state index contributed by atoms with van der Waals surface area (Å²) in [5, 5.41) is 13.6. The first-order valence-electron chi connectivity index (χ1n) is 13.7. The summed E-state index contributed by atoms with van der Waals surface area (Å²) in [7, 11) is 1.72. The van der Waals surface area contributed by atoms with Crippen molar-refractivity contribution in [3.8, 4) is 17.2 Å². The summed E-state index contributed by atoms with van der Waals surface area (Å²) >= 11 is 0. The van der Waals surface area contributed by atoms with Crippen molar-refractivity contribution in [2.45, 2.75) is 58.4 Å². The van der Waals surface area contributed by atoms with Crippen LogP contribution in [-0.4, -0.2) is 49.4 Å². The van der Waals surface area contributed by atoms with E-state index < -0.39 is 0 Å². The highest BCUT2D eigenvalue weighted by Gasteiger charge is 2.23. The fourth-order valence-electron chi connectivity index (χ4n) is 5.37. The first-order chi connectivity index (χ1) is 18.0. The molecule has 0 saturated carbocycles. The molecule has 0 spiro atoms. The van der Waals surface area contributed by atoms with Crippen LogP contribution in [0.15, 0.2) is 60.7 Å². The quantitative estimate of drug-likeness (QED) is 0.299. The first kappa shape index (κ1) is 26.9. The Kier molecular flexibility index (Phi) is 9.34. The van der Waals surface area contributed by atoms with E-state index in [1.54, 1.807) is 13.2 Å². The van der Waals surface area contributed by atoms with Gasteiger partial charge in [0.05, 0.1) is 7.11 Å². The lowest BCUT2D eigenvalue weighted by atomic mass is 9.79. The molecule has 0 saturated heterocycles.